The zero-order valence-corrected chi connectivity index (χ0v) is 10.8. The fourth-order valence-corrected chi connectivity index (χ4v) is 3.24. The molecule has 2 heterocycles. The SMILES string of the molecule is CC(=O)N1CCC2(CCN(CC(C)C)C2)C1. The van der Waals surface area contributed by atoms with Crippen LogP contribution in [0, 0.1) is 11.3 Å². The van der Waals surface area contributed by atoms with Crippen LogP contribution in [0.1, 0.15) is 33.6 Å². The number of nitrogens with zero attached hydrogens (tertiary/aromatic N) is 2. The van der Waals surface area contributed by atoms with Crippen molar-refractivity contribution < 1.29 is 4.79 Å². The van der Waals surface area contributed by atoms with E-state index < -0.39 is 0 Å². The number of amides is 1. The van der Waals surface area contributed by atoms with Gasteiger partial charge in [-0.2, -0.15) is 0 Å². The second-order valence-corrected chi connectivity index (χ2v) is 6.07. The summed E-state index contributed by atoms with van der Waals surface area (Å²) in [6, 6.07) is 0. The highest BCUT2D eigenvalue weighted by Gasteiger charge is 2.43. The van der Waals surface area contributed by atoms with Crippen molar-refractivity contribution in [3.63, 3.8) is 0 Å². The summed E-state index contributed by atoms with van der Waals surface area (Å²) in [6.07, 6.45) is 2.49. The summed E-state index contributed by atoms with van der Waals surface area (Å²) in [5.41, 5.74) is 0.431. The van der Waals surface area contributed by atoms with E-state index in [1.165, 1.54) is 32.5 Å². The molecule has 16 heavy (non-hydrogen) atoms. The number of hydrogen-bond donors (Lipinski definition) is 0. The first kappa shape index (κ1) is 11.9. The Kier molecular flexibility index (Phi) is 3.24. The molecule has 0 saturated carbocycles. The predicted molar refractivity (Wildman–Crippen MR) is 65.2 cm³/mol. The van der Waals surface area contributed by atoms with Crippen molar-refractivity contribution in [1.82, 2.24) is 9.80 Å². The molecule has 1 spiro atoms. The largest absolute Gasteiger partial charge is 0.342 e. The van der Waals surface area contributed by atoms with E-state index in [4.69, 9.17) is 0 Å². The Hall–Kier alpha value is -0.570. The predicted octanol–water partition coefficient (Wildman–Crippen LogP) is 1.59. The maximum atomic E-state index is 11.4. The summed E-state index contributed by atoms with van der Waals surface area (Å²) in [6.45, 7) is 11.9. The van der Waals surface area contributed by atoms with Crippen LogP contribution in [0.5, 0.6) is 0 Å². The van der Waals surface area contributed by atoms with Crippen LogP contribution in [0.3, 0.4) is 0 Å². The average Bonchev–Trinajstić information content (AvgIpc) is 2.74. The molecule has 2 fully saturated rings. The molecule has 2 rings (SSSR count). The lowest BCUT2D eigenvalue weighted by atomic mass is 9.86. The molecule has 0 bridgehead atoms. The van der Waals surface area contributed by atoms with Gasteiger partial charge in [-0.05, 0) is 25.3 Å². The molecular weight excluding hydrogens is 200 g/mol. The molecule has 1 atom stereocenters. The van der Waals surface area contributed by atoms with Crippen LogP contribution in [0.2, 0.25) is 0 Å². The van der Waals surface area contributed by atoms with Gasteiger partial charge in [-0.25, -0.2) is 0 Å². The van der Waals surface area contributed by atoms with Crippen LogP contribution in [0.4, 0.5) is 0 Å². The van der Waals surface area contributed by atoms with E-state index in [1.807, 2.05) is 4.90 Å². The van der Waals surface area contributed by atoms with Crippen LogP contribution >= 0.6 is 0 Å². The highest BCUT2D eigenvalue weighted by atomic mass is 16.2. The van der Waals surface area contributed by atoms with Crippen molar-refractivity contribution in [1.29, 1.82) is 0 Å². The fraction of sp³-hybridized carbons (Fsp3) is 0.923. The summed E-state index contributed by atoms with van der Waals surface area (Å²) >= 11 is 0. The lowest BCUT2D eigenvalue weighted by molar-refractivity contribution is -0.128. The molecule has 0 aromatic carbocycles. The Morgan fingerprint density at radius 1 is 1.25 bits per heavy atom. The molecular formula is C13H24N2O. The first-order valence-corrected chi connectivity index (χ1v) is 6.49. The van der Waals surface area contributed by atoms with Crippen LogP contribution in [0.25, 0.3) is 0 Å². The highest BCUT2D eigenvalue weighted by molar-refractivity contribution is 5.73. The lowest BCUT2D eigenvalue weighted by Gasteiger charge is -2.25. The van der Waals surface area contributed by atoms with E-state index in [1.54, 1.807) is 6.92 Å². The maximum Gasteiger partial charge on any atom is 0.219 e. The maximum absolute atomic E-state index is 11.4. The lowest BCUT2D eigenvalue weighted by Crippen LogP contribution is -2.33. The molecule has 0 aliphatic carbocycles. The van der Waals surface area contributed by atoms with Gasteiger partial charge in [0.25, 0.3) is 0 Å². The summed E-state index contributed by atoms with van der Waals surface area (Å²) in [5, 5.41) is 0. The molecule has 0 aromatic heterocycles. The van der Waals surface area contributed by atoms with Crippen molar-refractivity contribution >= 4 is 5.91 Å². The van der Waals surface area contributed by atoms with Crippen LogP contribution < -0.4 is 0 Å². The number of likely N-dealkylation sites (tertiary alicyclic amines) is 2. The molecule has 1 amide bonds. The van der Waals surface area contributed by atoms with Gasteiger partial charge in [-0.3, -0.25) is 4.79 Å². The van der Waals surface area contributed by atoms with E-state index in [2.05, 4.69) is 18.7 Å². The average molecular weight is 224 g/mol. The number of rotatable bonds is 2. The Bertz CT molecular complexity index is 277. The third kappa shape index (κ3) is 2.40. The Morgan fingerprint density at radius 2 is 1.94 bits per heavy atom. The molecule has 0 aromatic rings. The van der Waals surface area contributed by atoms with Crippen molar-refractivity contribution in [3.05, 3.63) is 0 Å². The molecule has 3 nitrogen and oxygen atoms in total. The van der Waals surface area contributed by atoms with Gasteiger partial charge in [0, 0.05) is 38.5 Å². The number of carbonyl (C=O) groups excluding carboxylic acids is 1. The first-order chi connectivity index (χ1) is 7.51. The molecule has 0 N–H and O–H groups in total. The normalized spacial score (nSPS) is 30.9. The van der Waals surface area contributed by atoms with Gasteiger partial charge >= 0.3 is 0 Å². The highest BCUT2D eigenvalue weighted by Crippen LogP contribution is 2.39. The monoisotopic (exact) mass is 224 g/mol. The molecule has 92 valence electrons. The number of hydrogen-bond acceptors (Lipinski definition) is 2. The quantitative estimate of drug-likeness (QED) is 0.711. The van der Waals surface area contributed by atoms with E-state index in [0.29, 0.717) is 5.41 Å². The van der Waals surface area contributed by atoms with Crippen molar-refractivity contribution in [2.75, 3.05) is 32.7 Å². The van der Waals surface area contributed by atoms with E-state index in [9.17, 15) is 4.79 Å². The van der Waals surface area contributed by atoms with Gasteiger partial charge in [0.1, 0.15) is 0 Å². The van der Waals surface area contributed by atoms with Gasteiger partial charge in [0.2, 0.25) is 5.91 Å². The summed E-state index contributed by atoms with van der Waals surface area (Å²) < 4.78 is 0. The molecule has 1 unspecified atom stereocenters. The third-order valence-electron chi connectivity index (χ3n) is 4.02. The van der Waals surface area contributed by atoms with E-state index in [-0.39, 0.29) is 5.91 Å². The number of carbonyl (C=O) groups is 1. The van der Waals surface area contributed by atoms with E-state index >= 15 is 0 Å². The summed E-state index contributed by atoms with van der Waals surface area (Å²) in [5.74, 6) is 1.000. The molecule has 2 aliphatic heterocycles. The second kappa shape index (κ2) is 4.36. The zero-order valence-electron chi connectivity index (χ0n) is 10.8. The van der Waals surface area contributed by atoms with Crippen molar-refractivity contribution in [3.8, 4) is 0 Å². The van der Waals surface area contributed by atoms with Gasteiger partial charge in [0.15, 0.2) is 0 Å². The smallest absolute Gasteiger partial charge is 0.219 e. The summed E-state index contributed by atoms with van der Waals surface area (Å²) in [7, 11) is 0. The third-order valence-corrected chi connectivity index (χ3v) is 4.02. The molecule has 2 aliphatic rings. The Morgan fingerprint density at radius 3 is 2.50 bits per heavy atom. The van der Waals surface area contributed by atoms with Crippen LogP contribution in [0.15, 0.2) is 0 Å². The van der Waals surface area contributed by atoms with Gasteiger partial charge in [0.05, 0.1) is 0 Å². The topological polar surface area (TPSA) is 23.6 Å². The zero-order chi connectivity index (χ0) is 11.8. The molecule has 2 saturated heterocycles. The van der Waals surface area contributed by atoms with Gasteiger partial charge < -0.3 is 9.80 Å². The van der Waals surface area contributed by atoms with Crippen molar-refractivity contribution in [2.24, 2.45) is 11.3 Å². The second-order valence-electron chi connectivity index (χ2n) is 6.07. The fourth-order valence-electron chi connectivity index (χ4n) is 3.24. The molecule has 0 radical (unpaired) electrons. The van der Waals surface area contributed by atoms with Crippen LogP contribution in [-0.2, 0) is 4.79 Å². The Balaban J connectivity index is 1.90. The minimum absolute atomic E-state index is 0.249. The van der Waals surface area contributed by atoms with E-state index in [0.717, 1.165) is 19.0 Å². The standard InChI is InChI=1S/C13H24N2O/c1-11(2)8-14-6-4-13(9-14)5-7-15(10-13)12(3)16/h11H,4-10H2,1-3H3. The Labute approximate surface area is 98.8 Å². The van der Waals surface area contributed by atoms with Crippen LogP contribution in [-0.4, -0.2) is 48.4 Å². The van der Waals surface area contributed by atoms with Gasteiger partial charge in [-0.15, -0.1) is 0 Å². The summed E-state index contributed by atoms with van der Waals surface area (Å²) in [4.78, 5) is 16.0. The first-order valence-electron chi connectivity index (χ1n) is 6.49. The minimum atomic E-state index is 0.249. The van der Waals surface area contributed by atoms with Gasteiger partial charge in [-0.1, -0.05) is 13.8 Å². The molecule has 3 heteroatoms. The van der Waals surface area contributed by atoms with Crippen molar-refractivity contribution in [2.45, 2.75) is 33.6 Å². The minimum Gasteiger partial charge on any atom is -0.342 e.